The Morgan fingerprint density at radius 1 is 0.935 bits per heavy atom. The zero-order valence-corrected chi connectivity index (χ0v) is 17.3. The quantitative estimate of drug-likeness (QED) is 0.538. The van der Waals surface area contributed by atoms with Crippen molar-refractivity contribution in [2.45, 2.75) is 13.5 Å². The zero-order chi connectivity index (χ0) is 22.2. The fourth-order valence-corrected chi connectivity index (χ4v) is 2.85. The van der Waals surface area contributed by atoms with Crippen LogP contribution in [0, 0.1) is 6.92 Å². The lowest BCUT2D eigenvalue weighted by molar-refractivity contribution is -0.139. The van der Waals surface area contributed by atoms with Gasteiger partial charge in [0.15, 0.2) is 6.61 Å². The van der Waals surface area contributed by atoms with Crippen LogP contribution in [0.3, 0.4) is 0 Å². The Hall–Kier alpha value is -4.00. The highest BCUT2D eigenvalue weighted by Gasteiger charge is 2.09. The smallest absolute Gasteiger partial charge is 0.341 e. The summed E-state index contributed by atoms with van der Waals surface area (Å²) >= 11 is 0. The maximum atomic E-state index is 12.5. The molecule has 0 unspecified atom stereocenters. The summed E-state index contributed by atoms with van der Waals surface area (Å²) in [6.45, 7) is 1.78. The maximum absolute atomic E-state index is 12.5. The molecule has 0 atom stereocenters. The van der Waals surface area contributed by atoms with Crippen molar-refractivity contribution >= 4 is 11.9 Å². The van der Waals surface area contributed by atoms with E-state index in [0.717, 1.165) is 16.9 Å². The van der Waals surface area contributed by atoms with Crippen LogP contribution < -0.4 is 19.5 Å². The van der Waals surface area contributed by atoms with Gasteiger partial charge in [-0.3, -0.25) is 4.79 Å². The number of benzene rings is 3. The SMILES string of the molecule is COc1ccc(CNC(=O)c2cccc(Oc3ccc(OCC(=O)O)c(C)c3)c2)cc1. The van der Waals surface area contributed by atoms with Gasteiger partial charge in [0.25, 0.3) is 5.91 Å². The second-order valence-corrected chi connectivity index (χ2v) is 6.77. The van der Waals surface area contributed by atoms with Crippen LogP contribution >= 0.6 is 0 Å². The number of aryl methyl sites for hydroxylation is 1. The van der Waals surface area contributed by atoms with Crippen LogP contribution in [0.15, 0.2) is 66.7 Å². The van der Waals surface area contributed by atoms with E-state index in [9.17, 15) is 9.59 Å². The monoisotopic (exact) mass is 421 g/mol. The number of nitrogens with one attached hydrogen (secondary N) is 1. The summed E-state index contributed by atoms with van der Waals surface area (Å²) in [6, 6.07) is 19.4. The molecule has 0 heterocycles. The van der Waals surface area contributed by atoms with Gasteiger partial charge >= 0.3 is 5.97 Å². The number of carboxylic acids is 1. The van der Waals surface area contributed by atoms with Crippen LogP contribution in [0.5, 0.6) is 23.0 Å². The topological polar surface area (TPSA) is 94.1 Å². The number of carboxylic acid groups (broad SMARTS) is 1. The lowest BCUT2D eigenvalue weighted by Gasteiger charge is -2.11. The van der Waals surface area contributed by atoms with Gasteiger partial charge in [-0.25, -0.2) is 4.79 Å². The van der Waals surface area contributed by atoms with Gasteiger partial charge in [0.2, 0.25) is 0 Å². The van der Waals surface area contributed by atoms with Crippen molar-refractivity contribution in [2.24, 2.45) is 0 Å². The summed E-state index contributed by atoms with van der Waals surface area (Å²) in [5.41, 5.74) is 2.18. The van der Waals surface area contributed by atoms with E-state index in [1.54, 1.807) is 56.5 Å². The summed E-state index contributed by atoms with van der Waals surface area (Å²) in [7, 11) is 1.61. The minimum absolute atomic E-state index is 0.213. The van der Waals surface area contributed by atoms with Crippen LogP contribution in [-0.4, -0.2) is 30.7 Å². The predicted octanol–water partition coefficient (Wildman–Crippen LogP) is 4.19. The largest absolute Gasteiger partial charge is 0.497 e. The molecule has 0 fully saturated rings. The Morgan fingerprint density at radius 3 is 2.32 bits per heavy atom. The molecule has 160 valence electrons. The maximum Gasteiger partial charge on any atom is 0.341 e. The van der Waals surface area contributed by atoms with Crippen molar-refractivity contribution in [3.05, 3.63) is 83.4 Å². The molecule has 0 saturated heterocycles. The van der Waals surface area contributed by atoms with Crippen molar-refractivity contribution in [3.8, 4) is 23.0 Å². The number of carbonyl (C=O) groups is 2. The van der Waals surface area contributed by atoms with E-state index in [2.05, 4.69) is 5.32 Å². The van der Waals surface area contributed by atoms with Crippen molar-refractivity contribution < 1.29 is 28.9 Å². The van der Waals surface area contributed by atoms with E-state index in [0.29, 0.717) is 29.4 Å². The summed E-state index contributed by atoms with van der Waals surface area (Å²) < 4.78 is 16.2. The molecule has 0 aliphatic carbocycles. The number of amides is 1. The first-order chi connectivity index (χ1) is 14.9. The van der Waals surface area contributed by atoms with Crippen molar-refractivity contribution in [3.63, 3.8) is 0 Å². The molecule has 2 N–H and O–H groups in total. The summed E-state index contributed by atoms with van der Waals surface area (Å²) in [6.07, 6.45) is 0. The number of hydrogen-bond acceptors (Lipinski definition) is 5. The second-order valence-electron chi connectivity index (χ2n) is 6.77. The zero-order valence-electron chi connectivity index (χ0n) is 17.3. The van der Waals surface area contributed by atoms with Crippen LogP contribution in [-0.2, 0) is 11.3 Å². The standard InChI is InChI=1S/C24H23NO6/c1-16-12-21(10-11-22(16)30-15-23(26)27)31-20-5-3-4-18(13-20)24(28)25-14-17-6-8-19(29-2)9-7-17/h3-13H,14-15H2,1-2H3,(H,25,28)(H,26,27). The number of rotatable bonds is 9. The number of hydrogen-bond donors (Lipinski definition) is 2. The van der Waals surface area contributed by atoms with Gasteiger partial charge in [0, 0.05) is 12.1 Å². The molecular weight excluding hydrogens is 398 g/mol. The molecule has 0 aliphatic heterocycles. The number of methoxy groups -OCH3 is 1. The number of aliphatic carboxylic acids is 1. The third-order valence-electron chi connectivity index (χ3n) is 4.44. The van der Waals surface area contributed by atoms with Crippen molar-refractivity contribution in [1.29, 1.82) is 0 Å². The highest BCUT2D eigenvalue weighted by Crippen LogP contribution is 2.28. The molecule has 1 amide bonds. The molecule has 7 heteroatoms. The molecule has 31 heavy (non-hydrogen) atoms. The van der Waals surface area contributed by atoms with Crippen LogP contribution in [0.4, 0.5) is 0 Å². The van der Waals surface area contributed by atoms with Gasteiger partial charge in [-0.1, -0.05) is 18.2 Å². The Kier molecular flexibility index (Phi) is 7.11. The van der Waals surface area contributed by atoms with Crippen LogP contribution in [0.2, 0.25) is 0 Å². The van der Waals surface area contributed by atoms with Gasteiger partial charge in [0.1, 0.15) is 23.0 Å². The van der Waals surface area contributed by atoms with Crippen molar-refractivity contribution in [1.82, 2.24) is 5.32 Å². The van der Waals surface area contributed by atoms with Gasteiger partial charge in [-0.15, -0.1) is 0 Å². The van der Waals surface area contributed by atoms with Crippen LogP contribution in [0.25, 0.3) is 0 Å². The van der Waals surface area contributed by atoms with E-state index in [1.165, 1.54) is 0 Å². The molecule has 0 spiro atoms. The Labute approximate surface area is 180 Å². The minimum Gasteiger partial charge on any atom is -0.497 e. The fourth-order valence-electron chi connectivity index (χ4n) is 2.85. The van der Waals surface area contributed by atoms with Gasteiger partial charge in [0.05, 0.1) is 7.11 Å². The molecule has 3 aromatic carbocycles. The first kappa shape index (κ1) is 21.7. The lowest BCUT2D eigenvalue weighted by atomic mass is 10.1. The molecule has 0 saturated carbocycles. The van der Waals surface area contributed by atoms with E-state index in [1.807, 2.05) is 24.3 Å². The molecule has 7 nitrogen and oxygen atoms in total. The van der Waals surface area contributed by atoms with Gasteiger partial charge in [-0.2, -0.15) is 0 Å². The molecular formula is C24H23NO6. The predicted molar refractivity (Wildman–Crippen MR) is 115 cm³/mol. The third-order valence-corrected chi connectivity index (χ3v) is 4.44. The molecule has 0 aromatic heterocycles. The average Bonchev–Trinajstić information content (AvgIpc) is 2.77. The second kappa shape index (κ2) is 10.2. The Balaban J connectivity index is 1.62. The normalized spacial score (nSPS) is 10.3. The molecule has 0 bridgehead atoms. The third kappa shape index (κ3) is 6.24. The van der Waals surface area contributed by atoms with E-state index >= 15 is 0 Å². The Morgan fingerprint density at radius 2 is 1.65 bits per heavy atom. The Bertz CT molecular complexity index is 1060. The first-order valence-corrected chi connectivity index (χ1v) is 9.59. The van der Waals surface area contributed by atoms with Crippen LogP contribution in [0.1, 0.15) is 21.5 Å². The highest BCUT2D eigenvalue weighted by molar-refractivity contribution is 5.94. The average molecular weight is 421 g/mol. The summed E-state index contributed by atoms with van der Waals surface area (Å²) in [4.78, 5) is 23.2. The number of carbonyl (C=O) groups excluding carboxylic acids is 1. The summed E-state index contributed by atoms with van der Waals surface area (Å²) in [5.74, 6) is 1.04. The van der Waals surface area contributed by atoms with Crippen molar-refractivity contribution in [2.75, 3.05) is 13.7 Å². The molecule has 0 aliphatic rings. The van der Waals surface area contributed by atoms with E-state index in [-0.39, 0.29) is 5.91 Å². The minimum atomic E-state index is -1.04. The van der Waals surface area contributed by atoms with E-state index < -0.39 is 12.6 Å². The number of ether oxygens (including phenoxy) is 3. The highest BCUT2D eigenvalue weighted by atomic mass is 16.5. The van der Waals surface area contributed by atoms with E-state index in [4.69, 9.17) is 19.3 Å². The van der Waals surface area contributed by atoms with Gasteiger partial charge < -0.3 is 24.6 Å². The molecule has 3 aromatic rings. The lowest BCUT2D eigenvalue weighted by Crippen LogP contribution is -2.22. The van der Waals surface area contributed by atoms with Gasteiger partial charge in [-0.05, 0) is 66.6 Å². The fraction of sp³-hybridized carbons (Fsp3) is 0.167. The molecule has 0 radical (unpaired) electrons. The summed E-state index contributed by atoms with van der Waals surface area (Å²) in [5, 5.41) is 11.6. The molecule has 3 rings (SSSR count). The first-order valence-electron chi connectivity index (χ1n) is 9.59.